The normalized spacial score (nSPS) is 10.9. The molecule has 7 nitrogen and oxygen atoms in total. The molecule has 0 saturated carbocycles. The zero-order valence-corrected chi connectivity index (χ0v) is 18.3. The summed E-state index contributed by atoms with van der Waals surface area (Å²) in [5.41, 5.74) is 1.68. The number of carbonyl (C=O) groups is 1. The minimum atomic E-state index is -3.68. The Kier molecular flexibility index (Phi) is 6.81. The molecule has 0 spiro atoms. The topological polar surface area (TPSA) is 84.9 Å². The van der Waals surface area contributed by atoms with E-state index in [1.807, 2.05) is 6.07 Å². The summed E-state index contributed by atoms with van der Waals surface area (Å²) in [5.74, 6) is 0.998. The second-order valence-electron chi connectivity index (χ2n) is 6.69. The number of nitrogens with zero attached hydrogens (tertiary/aromatic N) is 1. The van der Waals surface area contributed by atoms with Gasteiger partial charge in [-0.15, -0.1) is 0 Å². The van der Waals surface area contributed by atoms with Crippen LogP contribution in [0.4, 0.5) is 5.69 Å². The van der Waals surface area contributed by atoms with E-state index < -0.39 is 10.0 Å². The van der Waals surface area contributed by atoms with Gasteiger partial charge in [-0.3, -0.25) is 9.10 Å². The van der Waals surface area contributed by atoms with Gasteiger partial charge in [0.25, 0.3) is 15.9 Å². The summed E-state index contributed by atoms with van der Waals surface area (Å²) in [6.07, 6.45) is 0. The molecule has 1 N–H and O–H groups in total. The lowest BCUT2D eigenvalue weighted by Gasteiger charge is -2.19. The number of nitrogens with one attached hydrogen (secondary N) is 1. The van der Waals surface area contributed by atoms with Gasteiger partial charge in [0.15, 0.2) is 0 Å². The molecule has 0 aliphatic heterocycles. The van der Waals surface area contributed by atoms with Gasteiger partial charge in [-0.2, -0.15) is 0 Å². The van der Waals surface area contributed by atoms with Crippen LogP contribution in [0.2, 0.25) is 0 Å². The molecular weight excluding hydrogens is 416 g/mol. The zero-order valence-electron chi connectivity index (χ0n) is 17.5. The smallest absolute Gasteiger partial charge is 0.264 e. The van der Waals surface area contributed by atoms with E-state index in [4.69, 9.17) is 9.47 Å². The molecule has 0 aliphatic rings. The first kappa shape index (κ1) is 22.2. The van der Waals surface area contributed by atoms with Crippen molar-refractivity contribution in [3.05, 3.63) is 83.9 Å². The molecule has 3 rings (SSSR count). The minimum Gasteiger partial charge on any atom is -0.497 e. The zero-order chi connectivity index (χ0) is 22.4. The maximum absolute atomic E-state index is 12.7. The molecule has 0 bridgehead atoms. The molecule has 0 aliphatic carbocycles. The Morgan fingerprint density at radius 3 is 2.23 bits per heavy atom. The van der Waals surface area contributed by atoms with Crippen LogP contribution in [0, 0.1) is 0 Å². The average molecular weight is 441 g/mol. The summed E-state index contributed by atoms with van der Waals surface area (Å²) in [6, 6.07) is 19.9. The van der Waals surface area contributed by atoms with E-state index >= 15 is 0 Å². The lowest BCUT2D eigenvalue weighted by molar-refractivity contribution is 0.0950. The molecule has 0 heterocycles. The predicted octanol–water partition coefficient (Wildman–Crippen LogP) is 3.46. The molecule has 0 aromatic heterocycles. The number of sulfonamides is 1. The number of rotatable bonds is 8. The van der Waals surface area contributed by atoms with Gasteiger partial charge < -0.3 is 14.8 Å². The van der Waals surface area contributed by atoms with Gasteiger partial charge in [0.1, 0.15) is 11.5 Å². The second-order valence-corrected chi connectivity index (χ2v) is 8.66. The summed E-state index contributed by atoms with van der Waals surface area (Å²) in [4.78, 5) is 12.7. The summed E-state index contributed by atoms with van der Waals surface area (Å²) in [6.45, 7) is 0.274. The molecule has 8 heteroatoms. The first-order chi connectivity index (χ1) is 14.9. The number of ether oxygens (including phenoxy) is 2. The van der Waals surface area contributed by atoms with Crippen molar-refractivity contribution in [3.8, 4) is 11.5 Å². The average Bonchev–Trinajstić information content (AvgIpc) is 2.82. The van der Waals surface area contributed by atoms with E-state index in [9.17, 15) is 13.2 Å². The van der Waals surface area contributed by atoms with Crippen LogP contribution in [-0.4, -0.2) is 35.6 Å². The fourth-order valence-electron chi connectivity index (χ4n) is 2.99. The van der Waals surface area contributed by atoms with Crippen LogP contribution >= 0.6 is 0 Å². The first-order valence-corrected chi connectivity index (χ1v) is 10.9. The Morgan fingerprint density at radius 2 is 1.61 bits per heavy atom. The Hall–Kier alpha value is -3.52. The number of amides is 1. The molecule has 3 aromatic rings. The molecule has 31 heavy (non-hydrogen) atoms. The number of carbonyl (C=O) groups excluding carboxylic acids is 1. The van der Waals surface area contributed by atoms with Crippen molar-refractivity contribution in [2.75, 3.05) is 25.6 Å². The van der Waals surface area contributed by atoms with Crippen molar-refractivity contribution in [1.29, 1.82) is 0 Å². The van der Waals surface area contributed by atoms with Gasteiger partial charge >= 0.3 is 0 Å². The third-order valence-electron chi connectivity index (χ3n) is 4.83. The molecule has 162 valence electrons. The van der Waals surface area contributed by atoms with E-state index in [-0.39, 0.29) is 17.3 Å². The van der Waals surface area contributed by atoms with Gasteiger partial charge in [0, 0.05) is 30.8 Å². The van der Waals surface area contributed by atoms with Crippen LogP contribution in [0.3, 0.4) is 0 Å². The Balaban J connectivity index is 1.69. The number of hydrogen-bond acceptors (Lipinski definition) is 5. The third-order valence-corrected chi connectivity index (χ3v) is 6.63. The van der Waals surface area contributed by atoms with Crippen molar-refractivity contribution in [2.45, 2.75) is 11.4 Å². The molecule has 0 saturated heterocycles. The van der Waals surface area contributed by atoms with Crippen LogP contribution in [-0.2, 0) is 16.6 Å². The highest BCUT2D eigenvalue weighted by molar-refractivity contribution is 7.92. The van der Waals surface area contributed by atoms with Crippen molar-refractivity contribution in [1.82, 2.24) is 5.32 Å². The Morgan fingerprint density at radius 1 is 0.935 bits per heavy atom. The van der Waals surface area contributed by atoms with Crippen LogP contribution in [0.1, 0.15) is 15.9 Å². The van der Waals surface area contributed by atoms with Crippen molar-refractivity contribution >= 4 is 21.6 Å². The van der Waals surface area contributed by atoms with Gasteiger partial charge in [0.05, 0.1) is 24.8 Å². The largest absolute Gasteiger partial charge is 0.497 e. The van der Waals surface area contributed by atoms with E-state index in [1.165, 1.54) is 11.4 Å². The van der Waals surface area contributed by atoms with Crippen LogP contribution in [0.25, 0.3) is 0 Å². The van der Waals surface area contributed by atoms with E-state index in [0.717, 1.165) is 5.56 Å². The van der Waals surface area contributed by atoms with Crippen molar-refractivity contribution in [2.24, 2.45) is 0 Å². The fraction of sp³-hybridized carbons (Fsp3) is 0.174. The van der Waals surface area contributed by atoms with Gasteiger partial charge in [-0.1, -0.05) is 18.2 Å². The van der Waals surface area contributed by atoms with Gasteiger partial charge in [-0.25, -0.2) is 8.42 Å². The number of methoxy groups -OCH3 is 2. The first-order valence-electron chi connectivity index (χ1n) is 9.50. The summed E-state index contributed by atoms with van der Waals surface area (Å²) in [5, 5.41) is 2.84. The van der Waals surface area contributed by atoms with E-state index in [1.54, 1.807) is 80.9 Å². The quantitative estimate of drug-likeness (QED) is 0.580. The molecule has 0 unspecified atom stereocenters. The van der Waals surface area contributed by atoms with Crippen molar-refractivity contribution < 1.29 is 22.7 Å². The summed E-state index contributed by atoms with van der Waals surface area (Å²) in [7, 11) is 0.930. The summed E-state index contributed by atoms with van der Waals surface area (Å²) < 4.78 is 37.2. The Bertz CT molecular complexity index is 1150. The van der Waals surface area contributed by atoms with Crippen molar-refractivity contribution in [3.63, 3.8) is 0 Å². The lowest BCUT2D eigenvalue weighted by Crippen LogP contribution is -2.27. The molecule has 1 amide bonds. The molecule has 3 aromatic carbocycles. The standard InChI is InChI=1S/C23H24N2O5S/c1-25(31(27,28)21-7-5-4-6-8-21)19-12-9-17(10-13-19)23(26)24-16-18-11-14-20(29-2)15-22(18)30-3/h4-15H,16H2,1-3H3,(H,24,26). The maximum atomic E-state index is 12.7. The van der Waals surface area contributed by atoms with E-state index in [2.05, 4.69) is 5.32 Å². The molecular formula is C23H24N2O5S. The SMILES string of the molecule is COc1ccc(CNC(=O)c2ccc(N(C)S(=O)(=O)c3ccccc3)cc2)c(OC)c1. The molecule has 0 radical (unpaired) electrons. The highest BCUT2D eigenvalue weighted by Crippen LogP contribution is 2.25. The minimum absolute atomic E-state index is 0.202. The van der Waals surface area contributed by atoms with E-state index in [0.29, 0.717) is 22.7 Å². The molecule has 0 fully saturated rings. The maximum Gasteiger partial charge on any atom is 0.264 e. The number of benzene rings is 3. The van der Waals surface area contributed by atoms with Gasteiger partial charge in [0.2, 0.25) is 0 Å². The fourth-order valence-corrected chi connectivity index (χ4v) is 4.20. The van der Waals surface area contributed by atoms with Gasteiger partial charge in [-0.05, 0) is 48.5 Å². The predicted molar refractivity (Wildman–Crippen MR) is 119 cm³/mol. The summed E-state index contributed by atoms with van der Waals surface area (Å²) >= 11 is 0. The van der Waals surface area contributed by atoms with Crippen LogP contribution < -0.4 is 19.1 Å². The highest BCUT2D eigenvalue weighted by atomic mass is 32.2. The monoisotopic (exact) mass is 440 g/mol. The van der Waals surface area contributed by atoms with Crippen LogP contribution in [0.15, 0.2) is 77.7 Å². The van der Waals surface area contributed by atoms with Crippen LogP contribution in [0.5, 0.6) is 11.5 Å². The third kappa shape index (κ3) is 4.97. The highest BCUT2D eigenvalue weighted by Gasteiger charge is 2.21. The lowest BCUT2D eigenvalue weighted by atomic mass is 10.1. The number of anilines is 1. The second kappa shape index (κ2) is 9.53. The Labute approximate surface area is 182 Å². The molecule has 0 atom stereocenters. The number of hydrogen-bond donors (Lipinski definition) is 1.